The fourth-order valence-electron chi connectivity index (χ4n) is 3.70. The molecule has 0 radical (unpaired) electrons. The number of benzene rings is 2. The Labute approximate surface area is 142 Å². The van der Waals surface area contributed by atoms with Gasteiger partial charge >= 0.3 is 0 Å². The van der Waals surface area contributed by atoms with Crippen molar-refractivity contribution in [2.75, 3.05) is 5.32 Å². The molecule has 2 aliphatic rings. The summed E-state index contributed by atoms with van der Waals surface area (Å²) in [7, 11) is 0. The molecule has 0 amide bonds. The number of allylic oxidation sites excluding steroid dienone is 2. The monoisotopic (exact) mass is 370 g/mol. The van der Waals surface area contributed by atoms with E-state index in [4.69, 9.17) is 0 Å². The van der Waals surface area contributed by atoms with Crippen molar-refractivity contribution in [3.63, 3.8) is 0 Å². The van der Waals surface area contributed by atoms with E-state index >= 15 is 0 Å². The summed E-state index contributed by atoms with van der Waals surface area (Å²) in [6, 6.07) is 13.4. The molecule has 1 aliphatic carbocycles. The first-order valence-electron chi connectivity index (χ1n) is 7.60. The predicted octanol–water partition coefficient (Wildman–Crippen LogP) is 5.18. The molecule has 0 saturated carbocycles. The van der Waals surface area contributed by atoms with Gasteiger partial charge in [-0.3, -0.25) is 10.1 Å². The minimum atomic E-state index is -0.356. The largest absolute Gasteiger partial charge is 0.378 e. The highest BCUT2D eigenvalue weighted by molar-refractivity contribution is 9.10. The van der Waals surface area contributed by atoms with Gasteiger partial charge in [0.2, 0.25) is 0 Å². The van der Waals surface area contributed by atoms with Crippen LogP contribution < -0.4 is 5.32 Å². The van der Waals surface area contributed by atoms with E-state index in [2.05, 4.69) is 45.5 Å². The van der Waals surface area contributed by atoms with Crippen LogP contribution >= 0.6 is 15.9 Å². The average molecular weight is 371 g/mol. The van der Waals surface area contributed by atoms with Gasteiger partial charge in [-0.15, -0.1) is 0 Å². The van der Waals surface area contributed by atoms with Crippen molar-refractivity contribution in [3.05, 3.63) is 80.3 Å². The Kier molecular flexibility index (Phi) is 3.45. The molecule has 4 nitrogen and oxygen atoms in total. The van der Waals surface area contributed by atoms with Crippen LogP contribution in [0, 0.1) is 16.0 Å². The van der Waals surface area contributed by atoms with Gasteiger partial charge in [-0.2, -0.15) is 0 Å². The second-order valence-electron chi connectivity index (χ2n) is 6.06. The van der Waals surface area contributed by atoms with Crippen LogP contribution in [0.5, 0.6) is 0 Å². The summed E-state index contributed by atoms with van der Waals surface area (Å²) < 4.78 is 1.09. The van der Waals surface area contributed by atoms with E-state index in [0.717, 1.165) is 22.1 Å². The van der Waals surface area contributed by atoms with Gasteiger partial charge in [0.25, 0.3) is 5.69 Å². The molecule has 1 N–H and O–H groups in total. The summed E-state index contributed by atoms with van der Waals surface area (Å²) >= 11 is 3.55. The Morgan fingerprint density at radius 1 is 1.17 bits per heavy atom. The third-order valence-corrected chi connectivity index (χ3v) is 5.28. The highest BCUT2D eigenvalue weighted by atomic mass is 79.9. The van der Waals surface area contributed by atoms with E-state index in [-0.39, 0.29) is 16.7 Å². The Morgan fingerprint density at radius 2 is 1.96 bits per heavy atom. The number of nitrogens with one attached hydrogen (secondary N) is 1. The second kappa shape index (κ2) is 5.49. The van der Waals surface area contributed by atoms with E-state index in [1.54, 1.807) is 12.1 Å². The molecular formula is C18H15BrN2O2. The first-order chi connectivity index (χ1) is 11.1. The van der Waals surface area contributed by atoms with Crippen LogP contribution in [0.25, 0.3) is 0 Å². The van der Waals surface area contributed by atoms with Gasteiger partial charge in [-0.25, -0.2) is 0 Å². The lowest BCUT2D eigenvalue weighted by atomic mass is 9.77. The first kappa shape index (κ1) is 14.5. The van der Waals surface area contributed by atoms with Crippen LogP contribution in [-0.4, -0.2) is 4.92 Å². The maximum absolute atomic E-state index is 10.8. The standard InChI is InChI=1S/C18H15BrN2O2/c19-12-6-9-17-16(10-12)14-2-1-3-15(14)18(20-17)11-4-7-13(8-5-11)21(22)23/h1-2,4-10,14-15,18,20H,3H2. The molecule has 2 aromatic carbocycles. The number of nitro groups is 1. The summed E-state index contributed by atoms with van der Waals surface area (Å²) in [5, 5.41) is 14.5. The minimum absolute atomic E-state index is 0.134. The third-order valence-electron chi connectivity index (χ3n) is 4.79. The van der Waals surface area contributed by atoms with Crippen LogP contribution in [-0.2, 0) is 0 Å². The van der Waals surface area contributed by atoms with Crippen molar-refractivity contribution in [2.45, 2.75) is 18.4 Å². The molecule has 2 aromatic rings. The summed E-state index contributed by atoms with van der Waals surface area (Å²) in [5.41, 5.74) is 3.69. The Balaban J connectivity index is 1.73. The zero-order chi connectivity index (χ0) is 16.0. The molecule has 4 rings (SSSR count). The normalized spacial score (nSPS) is 24.7. The van der Waals surface area contributed by atoms with Gasteiger partial charge in [0, 0.05) is 28.2 Å². The fourth-order valence-corrected chi connectivity index (χ4v) is 4.08. The molecule has 0 bridgehead atoms. The highest BCUT2D eigenvalue weighted by Gasteiger charge is 2.37. The molecule has 0 spiro atoms. The van der Waals surface area contributed by atoms with Gasteiger partial charge in [0.1, 0.15) is 0 Å². The first-order valence-corrected chi connectivity index (χ1v) is 8.40. The highest BCUT2D eigenvalue weighted by Crippen LogP contribution is 2.50. The quantitative estimate of drug-likeness (QED) is 0.449. The van der Waals surface area contributed by atoms with Crippen LogP contribution in [0.4, 0.5) is 11.4 Å². The van der Waals surface area contributed by atoms with Crippen molar-refractivity contribution in [2.24, 2.45) is 5.92 Å². The Bertz CT molecular complexity index is 801. The number of fused-ring (bicyclic) bond motifs is 3. The summed E-state index contributed by atoms with van der Waals surface area (Å²) in [6.07, 6.45) is 5.55. The number of rotatable bonds is 2. The maximum Gasteiger partial charge on any atom is 0.269 e. The van der Waals surface area contributed by atoms with E-state index in [9.17, 15) is 10.1 Å². The molecule has 23 heavy (non-hydrogen) atoms. The van der Waals surface area contributed by atoms with E-state index in [1.165, 1.54) is 5.56 Å². The zero-order valence-electron chi connectivity index (χ0n) is 12.3. The van der Waals surface area contributed by atoms with Crippen molar-refractivity contribution in [1.29, 1.82) is 0 Å². The predicted molar refractivity (Wildman–Crippen MR) is 93.6 cm³/mol. The number of anilines is 1. The van der Waals surface area contributed by atoms with Crippen LogP contribution in [0.2, 0.25) is 0 Å². The smallest absolute Gasteiger partial charge is 0.269 e. The molecule has 3 atom stereocenters. The molecule has 0 fully saturated rings. The van der Waals surface area contributed by atoms with E-state index in [0.29, 0.717) is 11.8 Å². The van der Waals surface area contributed by atoms with Crippen molar-refractivity contribution >= 4 is 27.3 Å². The van der Waals surface area contributed by atoms with Gasteiger partial charge in [-0.1, -0.05) is 40.2 Å². The molecule has 116 valence electrons. The number of halogens is 1. The van der Waals surface area contributed by atoms with Crippen LogP contribution in [0.15, 0.2) is 59.1 Å². The van der Waals surface area contributed by atoms with Crippen LogP contribution in [0.1, 0.15) is 29.5 Å². The van der Waals surface area contributed by atoms with Gasteiger partial charge < -0.3 is 5.32 Å². The molecule has 3 unspecified atom stereocenters. The maximum atomic E-state index is 10.8. The number of hydrogen-bond donors (Lipinski definition) is 1. The summed E-state index contributed by atoms with van der Waals surface area (Å²) in [6.45, 7) is 0. The molecule has 0 aromatic heterocycles. The van der Waals surface area contributed by atoms with Crippen molar-refractivity contribution in [1.82, 2.24) is 0 Å². The number of non-ortho nitro benzene ring substituents is 1. The molecule has 0 saturated heterocycles. The van der Waals surface area contributed by atoms with E-state index in [1.807, 2.05) is 18.2 Å². The Hall–Kier alpha value is -2.14. The van der Waals surface area contributed by atoms with E-state index < -0.39 is 0 Å². The Morgan fingerprint density at radius 3 is 2.70 bits per heavy atom. The molecular weight excluding hydrogens is 356 g/mol. The van der Waals surface area contributed by atoms with Crippen molar-refractivity contribution in [3.8, 4) is 0 Å². The topological polar surface area (TPSA) is 55.2 Å². The minimum Gasteiger partial charge on any atom is -0.378 e. The third kappa shape index (κ3) is 2.45. The molecule has 1 heterocycles. The number of nitrogens with zero attached hydrogens (tertiary/aromatic N) is 1. The number of nitro benzene ring substituents is 1. The molecule has 5 heteroatoms. The van der Waals surface area contributed by atoms with Crippen LogP contribution in [0.3, 0.4) is 0 Å². The van der Waals surface area contributed by atoms with Gasteiger partial charge in [-0.05, 0) is 41.7 Å². The molecule has 1 aliphatic heterocycles. The summed E-state index contributed by atoms with van der Waals surface area (Å²) in [4.78, 5) is 10.5. The number of hydrogen-bond acceptors (Lipinski definition) is 3. The summed E-state index contributed by atoms with van der Waals surface area (Å²) in [5.74, 6) is 0.835. The lowest BCUT2D eigenvalue weighted by Gasteiger charge is -2.37. The average Bonchev–Trinajstić information content (AvgIpc) is 3.04. The fraction of sp³-hybridized carbons (Fsp3) is 0.222. The van der Waals surface area contributed by atoms with Crippen molar-refractivity contribution < 1.29 is 4.92 Å². The second-order valence-corrected chi connectivity index (χ2v) is 6.97. The lowest BCUT2D eigenvalue weighted by molar-refractivity contribution is -0.384. The zero-order valence-corrected chi connectivity index (χ0v) is 13.9. The van der Waals surface area contributed by atoms with Gasteiger partial charge in [0.15, 0.2) is 0 Å². The lowest BCUT2D eigenvalue weighted by Crippen LogP contribution is -2.29. The van der Waals surface area contributed by atoms with Gasteiger partial charge in [0.05, 0.1) is 11.0 Å². The SMILES string of the molecule is O=[N+]([O-])c1ccc(C2Nc3ccc(Br)cc3C3C=CCC32)cc1.